The fourth-order valence-electron chi connectivity index (χ4n) is 4.14. The number of anilines is 1. The van der Waals surface area contributed by atoms with Crippen molar-refractivity contribution in [2.24, 2.45) is 0 Å². The first-order valence-electron chi connectivity index (χ1n) is 10.1. The van der Waals surface area contributed by atoms with E-state index in [4.69, 9.17) is 14.7 Å². The minimum Gasteiger partial charge on any atom is -0.477 e. The number of morpholine rings is 1. The summed E-state index contributed by atoms with van der Waals surface area (Å²) in [5, 5.41) is 10.0. The summed E-state index contributed by atoms with van der Waals surface area (Å²) in [4.78, 5) is 25.8. The van der Waals surface area contributed by atoms with Gasteiger partial charge < -0.3 is 19.7 Å². The quantitative estimate of drug-likeness (QED) is 0.616. The molecule has 5 rings (SSSR count). The number of aromatic amines is 1. The molecule has 9 nitrogen and oxygen atoms in total. The predicted molar refractivity (Wildman–Crippen MR) is 115 cm³/mol. The zero-order valence-electron chi connectivity index (χ0n) is 17.0. The number of nitrogens with zero attached hydrogens (tertiary/aromatic N) is 3. The number of carboxylic acids is 1. The number of H-pyrrole nitrogens is 1. The predicted octanol–water partition coefficient (Wildman–Crippen LogP) is 2.19. The molecule has 31 heavy (non-hydrogen) atoms. The normalized spacial score (nSPS) is 18.3. The SMILES string of the molecule is CS(=O)(=O)C1(c2cc(N3CCOCC3)nc(-c3cccc4[nH]c(C(=O)O)cc34)n2)CC1. The van der Waals surface area contributed by atoms with Gasteiger partial charge in [0.2, 0.25) is 0 Å². The molecule has 1 aliphatic carbocycles. The number of hydrogen-bond acceptors (Lipinski definition) is 7. The van der Waals surface area contributed by atoms with Crippen LogP contribution in [0.3, 0.4) is 0 Å². The van der Waals surface area contributed by atoms with Gasteiger partial charge in [0.15, 0.2) is 15.7 Å². The van der Waals surface area contributed by atoms with E-state index in [0.717, 1.165) is 0 Å². The van der Waals surface area contributed by atoms with Crippen LogP contribution in [0.4, 0.5) is 5.82 Å². The lowest BCUT2D eigenvalue weighted by molar-refractivity contribution is 0.0691. The third-order valence-electron chi connectivity index (χ3n) is 6.06. The van der Waals surface area contributed by atoms with Crippen molar-refractivity contribution in [1.29, 1.82) is 0 Å². The van der Waals surface area contributed by atoms with Crippen LogP contribution in [0.2, 0.25) is 0 Å². The van der Waals surface area contributed by atoms with E-state index in [1.54, 1.807) is 24.3 Å². The molecule has 0 spiro atoms. The van der Waals surface area contributed by atoms with Gasteiger partial charge >= 0.3 is 5.97 Å². The van der Waals surface area contributed by atoms with Crippen molar-refractivity contribution in [3.8, 4) is 11.4 Å². The highest BCUT2D eigenvalue weighted by Crippen LogP contribution is 2.52. The second-order valence-corrected chi connectivity index (χ2v) is 10.4. The topological polar surface area (TPSA) is 125 Å². The Balaban J connectivity index is 1.71. The lowest BCUT2D eigenvalue weighted by Crippen LogP contribution is -2.37. The van der Waals surface area contributed by atoms with Crippen LogP contribution in [-0.4, -0.2) is 67.0 Å². The van der Waals surface area contributed by atoms with Gasteiger partial charge in [-0.1, -0.05) is 12.1 Å². The molecule has 2 aliphatic rings. The zero-order chi connectivity index (χ0) is 21.8. The number of fused-ring (bicyclic) bond motifs is 1. The molecule has 1 saturated carbocycles. The number of benzene rings is 1. The summed E-state index contributed by atoms with van der Waals surface area (Å²) in [5.41, 5.74) is 1.87. The van der Waals surface area contributed by atoms with Crippen LogP contribution >= 0.6 is 0 Å². The highest BCUT2D eigenvalue weighted by atomic mass is 32.2. The van der Waals surface area contributed by atoms with Gasteiger partial charge in [0.05, 0.1) is 18.9 Å². The number of rotatable bonds is 5. The zero-order valence-corrected chi connectivity index (χ0v) is 17.8. The molecule has 3 heterocycles. The highest BCUT2D eigenvalue weighted by Gasteiger charge is 2.55. The molecule has 3 aromatic rings. The average Bonchev–Trinajstić information content (AvgIpc) is 3.47. The second-order valence-electron chi connectivity index (χ2n) is 8.06. The molecule has 0 radical (unpaired) electrons. The van der Waals surface area contributed by atoms with Crippen LogP contribution in [0.1, 0.15) is 29.0 Å². The van der Waals surface area contributed by atoms with E-state index in [2.05, 4.69) is 9.88 Å². The number of ether oxygens (including phenoxy) is 1. The fraction of sp³-hybridized carbons (Fsp3) is 0.381. The van der Waals surface area contributed by atoms with Gasteiger partial charge in [-0.15, -0.1) is 0 Å². The van der Waals surface area contributed by atoms with Gasteiger partial charge in [-0.05, 0) is 25.0 Å². The van der Waals surface area contributed by atoms with E-state index in [1.807, 2.05) is 6.07 Å². The molecule has 2 N–H and O–H groups in total. The van der Waals surface area contributed by atoms with E-state index in [1.165, 1.54) is 6.26 Å². The maximum absolute atomic E-state index is 12.6. The number of aromatic carboxylic acids is 1. The number of hydrogen-bond donors (Lipinski definition) is 2. The van der Waals surface area contributed by atoms with E-state index >= 15 is 0 Å². The van der Waals surface area contributed by atoms with Crippen LogP contribution in [0, 0.1) is 0 Å². The first kappa shape index (κ1) is 20.0. The molecule has 10 heteroatoms. The van der Waals surface area contributed by atoms with E-state index < -0.39 is 20.6 Å². The molecule has 2 fully saturated rings. The Morgan fingerprint density at radius 1 is 1.19 bits per heavy atom. The molecular weight excluding hydrogens is 420 g/mol. The van der Waals surface area contributed by atoms with E-state index in [9.17, 15) is 18.3 Å². The van der Waals surface area contributed by atoms with E-state index in [0.29, 0.717) is 72.9 Å². The summed E-state index contributed by atoms with van der Waals surface area (Å²) in [6.45, 7) is 2.45. The summed E-state index contributed by atoms with van der Waals surface area (Å²) >= 11 is 0. The van der Waals surface area contributed by atoms with Crippen molar-refractivity contribution in [3.63, 3.8) is 0 Å². The van der Waals surface area contributed by atoms with Crippen LogP contribution in [0.25, 0.3) is 22.3 Å². The molecule has 0 atom stereocenters. The first-order valence-corrected chi connectivity index (χ1v) is 11.9. The standard InChI is InChI=1S/C21H22N4O5S/c1-31(28,29)21(5-6-21)17-12-18(25-7-9-30-10-8-25)24-19(23-17)13-3-2-4-15-14(13)11-16(22-15)20(26)27/h2-4,11-12,22H,5-10H2,1H3,(H,26,27). The highest BCUT2D eigenvalue weighted by molar-refractivity contribution is 7.91. The number of aromatic nitrogens is 3. The lowest BCUT2D eigenvalue weighted by atomic mass is 10.1. The first-order chi connectivity index (χ1) is 14.8. The molecule has 0 unspecified atom stereocenters. The second kappa shape index (κ2) is 7.03. The Labute approximate surface area is 179 Å². The van der Waals surface area contributed by atoms with Crippen molar-refractivity contribution in [2.45, 2.75) is 17.6 Å². The van der Waals surface area contributed by atoms with Gasteiger partial charge in [-0.3, -0.25) is 0 Å². The van der Waals surface area contributed by atoms with Gasteiger partial charge in [-0.25, -0.2) is 23.2 Å². The number of carbonyl (C=O) groups is 1. The summed E-state index contributed by atoms with van der Waals surface area (Å²) in [7, 11) is -3.36. The largest absolute Gasteiger partial charge is 0.477 e. The Morgan fingerprint density at radius 3 is 2.58 bits per heavy atom. The van der Waals surface area contributed by atoms with Crippen LogP contribution in [-0.2, 0) is 19.3 Å². The molecule has 1 aromatic carbocycles. The maximum Gasteiger partial charge on any atom is 0.352 e. The third kappa shape index (κ3) is 3.35. The lowest BCUT2D eigenvalue weighted by Gasteiger charge is -2.29. The monoisotopic (exact) mass is 442 g/mol. The minimum atomic E-state index is -3.36. The summed E-state index contributed by atoms with van der Waals surface area (Å²) in [6.07, 6.45) is 2.31. The van der Waals surface area contributed by atoms with Crippen molar-refractivity contribution in [2.75, 3.05) is 37.5 Å². The summed E-state index contributed by atoms with van der Waals surface area (Å²) in [6, 6.07) is 8.75. The smallest absolute Gasteiger partial charge is 0.352 e. The molecule has 1 aliphatic heterocycles. The van der Waals surface area contributed by atoms with Gasteiger partial charge in [0.25, 0.3) is 0 Å². The summed E-state index contributed by atoms with van der Waals surface area (Å²) < 4.78 is 29.6. The van der Waals surface area contributed by atoms with Crippen molar-refractivity contribution in [3.05, 3.63) is 41.7 Å². The van der Waals surface area contributed by atoms with E-state index in [-0.39, 0.29) is 5.69 Å². The van der Waals surface area contributed by atoms with Gasteiger partial charge in [-0.2, -0.15) is 0 Å². The Hall–Kier alpha value is -2.98. The minimum absolute atomic E-state index is 0.0711. The number of sulfone groups is 1. The molecular formula is C21H22N4O5S. The van der Waals surface area contributed by atoms with Crippen LogP contribution < -0.4 is 4.90 Å². The molecule has 1 saturated heterocycles. The van der Waals surface area contributed by atoms with Gasteiger partial charge in [0.1, 0.15) is 16.3 Å². The molecule has 2 aromatic heterocycles. The Morgan fingerprint density at radius 2 is 1.94 bits per heavy atom. The molecule has 162 valence electrons. The van der Waals surface area contributed by atoms with Crippen molar-refractivity contribution < 1.29 is 23.1 Å². The van der Waals surface area contributed by atoms with Crippen molar-refractivity contribution >= 4 is 32.5 Å². The third-order valence-corrected chi connectivity index (χ3v) is 8.10. The average molecular weight is 442 g/mol. The fourth-order valence-corrected chi connectivity index (χ4v) is 5.47. The number of carboxylic acid groups (broad SMARTS) is 1. The van der Waals surface area contributed by atoms with Gasteiger partial charge in [0, 0.05) is 41.9 Å². The van der Waals surface area contributed by atoms with Crippen LogP contribution in [0.15, 0.2) is 30.3 Å². The molecule has 0 bridgehead atoms. The maximum atomic E-state index is 12.6. The molecule has 0 amide bonds. The van der Waals surface area contributed by atoms with Crippen molar-refractivity contribution in [1.82, 2.24) is 15.0 Å². The Kier molecular flexibility index (Phi) is 4.52. The number of nitrogens with one attached hydrogen (secondary N) is 1. The Bertz CT molecular complexity index is 1290. The van der Waals surface area contributed by atoms with Crippen LogP contribution in [0.5, 0.6) is 0 Å². The summed E-state index contributed by atoms with van der Waals surface area (Å²) in [5.74, 6) is -0.0143.